The molecular formula is C18H14F4N4O2S2. The van der Waals surface area contributed by atoms with Crippen LogP contribution in [0.15, 0.2) is 46.4 Å². The molecule has 1 N–H and O–H groups in total. The Morgan fingerprint density at radius 1 is 1.13 bits per heavy atom. The monoisotopic (exact) mass is 458 g/mol. The molecule has 0 aliphatic rings. The highest BCUT2D eigenvalue weighted by Crippen LogP contribution is 2.30. The van der Waals surface area contributed by atoms with Crippen LogP contribution in [0.5, 0.6) is 0 Å². The number of hydrogen-bond acceptors (Lipinski definition) is 8. The number of nitrogens with one attached hydrogen (secondary N) is 1. The number of carbonyl (C=O) groups is 1. The van der Waals surface area contributed by atoms with Gasteiger partial charge in [-0.15, -0.1) is 11.3 Å². The van der Waals surface area contributed by atoms with E-state index >= 15 is 0 Å². The predicted molar refractivity (Wildman–Crippen MR) is 105 cm³/mol. The quantitative estimate of drug-likeness (QED) is 0.384. The van der Waals surface area contributed by atoms with E-state index < -0.39 is 17.7 Å². The summed E-state index contributed by atoms with van der Waals surface area (Å²) >= 11 is 2.43. The zero-order valence-electron chi connectivity index (χ0n) is 15.1. The standard InChI is InChI=1S/C18H14F4N4O2S2/c19-18(20,21)13-3-1-11(2-4-13)12-7-24-16(25-8-12)23-6-5-14-9-29-17(26-14)30-10-15(27)28-22/h1-4,7-9H,5-6,10H2,(H,23,24,25). The first-order chi connectivity index (χ1) is 14.3. The van der Waals surface area contributed by atoms with Gasteiger partial charge < -0.3 is 5.32 Å². The van der Waals surface area contributed by atoms with Gasteiger partial charge in [0.15, 0.2) is 4.34 Å². The molecule has 0 atom stereocenters. The molecule has 30 heavy (non-hydrogen) atoms. The Morgan fingerprint density at radius 2 is 1.83 bits per heavy atom. The van der Waals surface area contributed by atoms with E-state index in [1.165, 1.54) is 35.9 Å². The van der Waals surface area contributed by atoms with Crippen molar-refractivity contribution in [2.45, 2.75) is 16.9 Å². The summed E-state index contributed by atoms with van der Waals surface area (Å²) in [4.78, 5) is 26.5. The van der Waals surface area contributed by atoms with Crippen LogP contribution in [0.3, 0.4) is 0 Å². The maximum Gasteiger partial charge on any atom is 0.416 e. The molecule has 0 saturated heterocycles. The second-order valence-corrected chi connectivity index (χ2v) is 7.97. The fourth-order valence-corrected chi connectivity index (χ4v) is 3.97. The lowest BCUT2D eigenvalue weighted by atomic mass is 10.1. The second kappa shape index (κ2) is 9.85. The minimum Gasteiger partial charge on any atom is -0.354 e. The minimum absolute atomic E-state index is 0.152. The molecule has 2 heterocycles. The number of anilines is 1. The van der Waals surface area contributed by atoms with Gasteiger partial charge in [0.2, 0.25) is 5.95 Å². The Labute approximate surface area is 176 Å². The summed E-state index contributed by atoms with van der Waals surface area (Å²) < 4.78 is 50.2. The number of carbonyl (C=O) groups excluding carboxylic acids is 1. The number of hydrogen-bond donors (Lipinski definition) is 1. The first kappa shape index (κ1) is 22.0. The van der Waals surface area contributed by atoms with Gasteiger partial charge in [0.25, 0.3) is 0 Å². The van der Waals surface area contributed by atoms with Crippen molar-refractivity contribution < 1.29 is 27.4 Å². The maximum absolute atomic E-state index is 12.6. The Hall–Kier alpha value is -2.73. The normalized spacial score (nSPS) is 11.3. The first-order valence-electron chi connectivity index (χ1n) is 8.47. The van der Waals surface area contributed by atoms with Crippen molar-refractivity contribution in [2.75, 3.05) is 17.6 Å². The summed E-state index contributed by atoms with van der Waals surface area (Å²) in [5.74, 6) is -0.739. The van der Waals surface area contributed by atoms with Crippen LogP contribution in [-0.2, 0) is 22.3 Å². The molecule has 0 unspecified atom stereocenters. The van der Waals surface area contributed by atoms with Crippen LogP contribution < -0.4 is 5.32 Å². The highest BCUT2D eigenvalue weighted by atomic mass is 32.2. The van der Waals surface area contributed by atoms with Crippen molar-refractivity contribution in [1.82, 2.24) is 15.0 Å². The third kappa shape index (κ3) is 6.13. The number of benzene rings is 1. The number of nitrogens with zero attached hydrogens (tertiary/aromatic N) is 3. The molecule has 3 rings (SSSR count). The molecule has 2 aromatic heterocycles. The molecule has 1 aromatic carbocycles. The lowest BCUT2D eigenvalue weighted by Crippen LogP contribution is -2.08. The van der Waals surface area contributed by atoms with Crippen molar-refractivity contribution in [2.24, 2.45) is 0 Å². The van der Waals surface area contributed by atoms with Gasteiger partial charge in [0.05, 0.1) is 11.3 Å². The van der Waals surface area contributed by atoms with E-state index in [2.05, 4.69) is 25.2 Å². The van der Waals surface area contributed by atoms with Gasteiger partial charge in [-0.25, -0.2) is 19.7 Å². The van der Waals surface area contributed by atoms with Gasteiger partial charge in [-0.1, -0.05) is 23.9 Å². The zero-order valence-corrected chi connectivity index (χ0v) is 16.8. The van der Waals surface area contributed by atoms with Crippen LogP contribution in [0.25, 0.3) is 11.1 Å². The average molecular weight is 458 g/mol. The fraction of sp³-hybridized carbons (Fsp3) is 0.222. The van der Waals surface area contributed by atoms with Crippen LogP contribution in [0.1, 0.15) is 11.3 Å². The summed E-state index contributed by atoms with van der Waals surface area (Å²) in [7, 11) is 0. The topological polar surface area (TPSA) is 77.0 Å². The highest BCUT2D eigenvalue weighted by Gasteiger charge is 2.29. The molecule has 0 fully saturated rings. The van der Waals surface area contributed by atoms with Crippen LogP contribution in [0.4, 0.5) is 23.6 Å². The molecule has 0 saturated carbocycles. The van der Waals surface area contributed by atoms with Gasteiger partial charge >= 0.3 is 12.1 Å². The molecule has 0 radical (unpaired) electrons. The number of thiazole rings is 1. The molecule has 6 nitrogen and oxygen atoms in total. The van der Waals surface area contributed by atoms with Crippen LogP contribution in [0.2, 0.25) is 0 Å². The van der Waals surface area contributed by atoms with Gasteiger partial charge in [-0.05, 0) is 17.7 Å². The van der Waals surface area contributed by atoms with Crippen molar-refractivity contribution in [3.8, 4) is 11.1 Å². The number of thioether (sulfide) groups is 1. The van der Waals surface area contributed by atoms with E-state index in [9.17, 15) is 22.5 Å². The van der Waals surface area contributed by atoms with Crippen molar-refractivity contribution in [3.63, 3.8) is 0 Å². The summed E-state index contributed by atoms with van der Waals surface area (Å²) in [6.07, 6.45) is -0.743. The molecular weight excluding hydrogens is 444 g/mol. The SMILES string of the molecule is O=C(CSc1nc(CCNc2ncc(-c3ccc(C(F)(F)F)cc3)cn2)cs1)OF. The van der Waals surface area contributed by atoms with E-state index in [1.54, 1.807) is 0 Å². The third-order valence-electron chi connectivity index (χ3n) is 3.79. The van der Waals surface area contributed by atoms with Crippen molar-refractivity contribution in [1.29, 1.82) is 0 Å². The van der Waals surface area contributed by atoms with Gasteiger partial charge in [-0.2, -0.15) is 13.2 Å². The Morgan fingerprint density at radius 3 is 2.47 bits per heavy atom. The molecule has 0 aliphatic carbocycles. The van der Waals surface area contributed by atoms with Gasteiger partial charge in [0.1, 0.15) is 5.75 Å². The number of halogens is 4. The van der Waals surface area contributed by atoms with Crippen molar-refractivity contribution >= 4 is 35.0 Å². The molecule has 12 heteroatoms. The highest BCUT2D eigenvalue weighted by molar-refractivity contribution is 8.01. The Bertz CT molecular complexity index is 979. The van der Waals surface area contributed by atoms with E-state index in [1.807, 2.05) is 5.38 Å². The zero-order chi connectivity index (χ0) is 21.6. The van der Waals surface area contributed by atoms with Crippen molar-refractivity contribution in [3.05, 3.63) is 53.3 Å². The summed E-state index contributed by atoms with van der Waals surface area (Å²) in [5, 5.41) is 4.87. The minimum atomic E-state index is -4.38. The van der Waals surface area contributed by atoms with E-state index in [-0.39, 0.29) is 5.75 Å². The summed E-state index contributed by atoms with van der Waals surface area (Å²) in [6.45, 7) is 0.500. The third-order valence-corrected chi connectivity index (χ3v) is 5.84. The molecule has 3 aromatic rings. The predicted octanol–water partition coefficient (Wildman–Crippen LogP) is 4.79. The number of alkyl halides is 3. The second-order valence-electron chi connectivity index (χ2n) is 5.89. The van der Waals surface area contributed by atoms with Crippen LogP contribution in [0, 0.1) is 0 Å². The first-order valence-corrected chi connectivity index (χ1v) is 10.3. The van der Waals surface area contributed by atoms with Crippen LogP contribution >= 0.6 is 23.1 Å². The summed E-state index contributed by atoms with van der Waals surface area (Å²) in [5.41, 5.74) is 1.27. The molecule has 0 aliphatic heterocycles. The van der Waals surface area contributed by atoms with E-state index in [0.717, 1.165) is 29.6 Å². The van der Waals surface area contributed by atoms with Gasteiger partial charge in [0, 0.05) is 40.8 Å². The largest absolute Gasteiger partial charge is 0.416 e. The smallest absolute Gasteiger partial charge is 0.354 e. The lowest BCUT2D eigenvalue weighted by Gasteiger charge is -2.08. The van der Waals surface area contributed by atoms with Crippen LogP contribution in [-0.4, -0.2) is 33.2 Å². The van der Waals surface area contributed by atoms with Gasteiger partial charge in [-0.3, -0.25) is 4.94 Å². The molecule has 0 bridgehead atoms. The van der Waals surface area contributed by atoms with E-state index in [0.29, 0.717) is 34.4 Å². The Kier molecular flexibility index (Phi) is 7.21. The summed E-state index contributed by atoms with van der Waals surface area (Å²) in [6, 6.07) is 4.78. The number of rotatable bonds is 8. The number of aromatic nitrogens is 3. The fourth-order valence-electron chi connectivity index (χ4n) is 2.33. The molecule has 0 amide bonds. The Balaban J connectivity index is 1.49. The molecule has 0 spiro atoms. The average Bonchev–Trinajstić information content (AvgIpc) is 3.20. The molecule has 158 valence electrons. The van der Waals surface area contributed by atoms with E-state index in [4.69, 9.17) is 0 Å². The maximum atomic E-state index is 12.6. The lowest BCUT2D eigenvalue weighted by molar-refractivity contribution is -0.179.